The molecule has 136 valence electrons. The van der Waals surface area contributed by atoms with Gasteiger partial charge in [0.1, 0.15) is 5.82 Å². The highest BCUT2D eigenvalue weighted by molar-refractivity contribution is 6.30. The van der Waals surface area contributed by atoms with Crippen molar-refractivity contribution < 1.29 is 22.7 Å². The summed E-state index contributed by atoms with van der Waals surface area (Å²) in [5, 5.41) is 10.5. The molecule has 0 radical (unpaired) electrons. The van der Waals surface area contributed by atoms with E-state index in [1.807, 2.05) is 0 Å². The molecule has 0 aliphatic rings. The standard InChI is InChI=1S/C14H9ClF3N5O3/c15-7-1-3-8(4-2-7)23-12(14(16,17)18)9(6-19-23)26-13(25)20-10-5-11(24)22-21-10/h1-6H,(H3,20,21,22,24,25). The number of benzene rings is 1. The van der Waals surface area contributed by atoms with Crippen LogP contribution in [0, 0.1) is 0 Å². The maximum absolute atomic E-state index is 13.4. The highest BCUT2D eigenvalue weighted by Gasteiger charge is 2.40. The molecule has 0 atom stereocenters. The number of amides is 1. The largest absolute Gasteiger partial charge is 0.437 e. The van der Waals surface area contributed by atoms with Crippen LogP contribution in [0.4, 0.5) is 23.8 Å². The summed E-state index contributed by atoms with van der Waals surface area (Å²) >= 11 is 5.72. The molecule has 0 fully saturated rings. The molecule has 3 aromatic rings. The lowest BCUT2D eigenvalue weighted by Gasteiger charge is -2.12. The Morgan fingerprint density at radius 3 is 2.50 bits per heavy atom. The van der Waals surface area contributed by atoms with Gasteiger partial charge in [0.05, 0.1) is 11.9 Å². The molecular formula is C14H9ClF3N5O3. The second-order valence-electron chi connectivity index (χ2n) is 4.93. The van der Waals surface area contributed by atoms with Gasteiger partial charge >= 0.3 is 12.3 Å². The molecule has 0 saturated carbocycles. The normalized spacial score (nSPS) is 11.4. The van der Waals surface area contributed by atoms with Gasteiger partial charge in [-0.15, -0.1) is 0 Å². The number of ether oxygens (including phenoxy) is 1. The molecule has 3 N–H and O–H groups in total. The monoisotopic (exact) mass is 387 g/mol. The quantitative estimate of drug-likeness (QED) is 0.642. The number of nitrogens with zero attached hydrogens (tertiary/aromatic N) is 2. The number of hydrogen-bond acceptors (Lipinski definition) is 4. The van der Waals surface area contributed by atoms with E-state index in [-0.39, 0.29) is 11.5 Å². The van der Waals surface area contributed by atoms with Gasteiger partial charge in [0.2, 0.25) is 0 Å². The summed E-state index contributed by atoms with van der Waals surface area (Å²) in [6.07, 6.45) is -5.33. The maximum atomic E-state index is 13.4. The van der Waals surface area contributed by atoms with E-state index < -0.39 is 29.3 Å². The summed E-state index contributed by atoms with van der Waals surface area (Å²) in [7, 11) is 0. The van der Waals surface area contributed by atoms with Crippen LogP contribution < -0.4 is 15.6 Å². The SMILES string of the molecule is O=C(Nc1cc(=O)[nH][nH]1)Oc1cnn(-c2ccc(Cl)cc2)c1C(F)(F)F. The number of anilines is 1. The third-order valence-corrected chi connectivity index (χ3v) is 3.36. The molecule has 1 amide bonds. The fourth-order valence-electron chi connectivity index (χ4n) is 2.08. The molecule has 0 unspecified atom stereocenters. The lowest BCUT2D eigenvalue weighted by molar-refractivity contribution is -0.143. The van der Waals surface area contributed by atoms with Gasteiger partial charge in [0, 0.05) is 11.1 Å². The van der Waals surface area contributed by atoms with Crippen molar-refractivity contribution in [1.29, 1.82) is 0 Å². The number of aromatic amines is 2. The van der Waals surface area contributed by atoms with E-state index in [2.05, 4.69) is 20.6 Å². The van der Waals surface area contributed by atoms with Crippen LogP contribution in [0.5, 0.6) is 5.75 Å². The topological polar surface area (TPSA) is 105 Å². The van der Waals surface area contributed by atoms with Crippen molar-refractivity contribution in [2.45, 2.75) is 6.18 Å². The van der Waals surface area contributed by atoms with Gasteiger partial charge < -0.3 is 4.74 Å². The summed E-state index contributed by atoms with van der Waals surface area (Å²) in [6.45, 7) is 0. The van der Waals surface area contributed by atoms with Gasteiger partial charge in [-0.3, -0.25) is 20.3 Å². The Morgan fingerprint density at radius 2 is 1.92 bits per heavy atom. The number of alkyl halides is 3. The summed E-state index contributed by atoms with van der Waals surface area (Å²) < 4.78 is 45.6. The van der Waals surface area contributed by atoms with E-state index in [9.17, 15) is 22.8 Å². The molecule has 2 aromatic heterocycles. The van der Waals surface area contributed by atoms with Crippen molar-refractivity contribution in [2.24, 2.45) is 0 Å². The first-order chi connectivity index (χ1) is 12.2. The molecule has 0 saturated heterocycles. The van der Waals surface area contributed by atoms with Gasteiger partial charge in [-0.2, -0.15) is 18.3 Å². The van der Waals surface area contributed by atoms with Crippen LogP contribution >= 0.6 is 11.6 Å². The number of nitrogens with one attached hydrogen (secondary N) is 3. The van der Waals surface area contributed by atoms with Crippen LogP contribution in [0.3, 0.4) is 0 Å². The second kappa shape index (κ2) is 6.59. The van der Waals surface area contributed by atoms with Gasteiger partial charge in [-0.25, -0.2) is 9.48 Å². The number of H-pyrrole nitrogens is 2. The lowest BCUT2D eigenvalue weighted by atomic mass is 10.3. The van der Waals surface area contributed by atoms with Crippen LogP contribution in [-0.4, -0.2) is 26.1 Å². The number of halogens is 4. The van der Waals surface area contributed by atoms with E-state index in [0.717, 1.165) is 12.3 Å². The minimum Gasteiger partial charge on any atom is -0.406 e. The molecule has 0 spiro atoms. The first kappa shape index (κ1) is 17.6. The van der Waals surface area contributed by atoms with Crippen molar-refractivity contribution in [2.75, 3.05) is 5.32 Å². The zero-order valence-electron chi connectivity index (χ0n) is 12.6. The van der Waals surface area contributed by atoms with Crippen molar-refractivity contribution in [3.05, 3.63) is 57.6 Å². The van der Waals surface area contributed by atoms with Crippen LogP contribution in [-0.2, 0) is 6.18 Å². The lowest BCUT2D eigenvalue weighted by Crippen LogP contribution is -2.20. The molecule has 12 heteroatoms. The molecule has 3 rings (SSSR count). The highest BCUT2D eigenvalue weighted by atomic mass is 35.5. The Hall–Kier alpha value is -3.21. The van der Waals surface area contributed by atoms with Crippen molar-refractivity contribution >= 4 is 23.5 Å². The number of aromatic nitrogens is 4. The van der Waals surface area contributed by atoms with Crippen LogP contribution in [0.15, 0.2) is 41.3 Å². The summed E-state index contributed by atoms with van der Waals surface area (Å²) in [5.41, 5.74) is -1.74. The molecule has 26 heavy (non-hydrogen) atoms. The fourth-order valence-corrected chi connectivity index (χ4v) is 2.21. The smallest absolute Gasteiger partial charge is 0.406 e. The predicted molar refractivity (Wildman–Crippen MR) is 84.6 cm³/mol. The van der Waals surface area contributed by atoms with Gasteiger partial charge in [-0.05, 0) is 24.3 Å². The number of carbonyl (C=O) groups is 1. The third kappa shape index (κ3) is 3.72. The molecular weight excluding hydrogens is 379 g/mol. The van der Waals surface area contributed by atoms with Crippen LogP contribution in [0.2, 0.25) is 5.02 Å². The van der Waals surface area contributed by atoms with E-state index in [1.165, 1.54) is 24.3 Å². The Kier molecular flexibility index (Phi) is 4.47. The average Bonchev–Trinajstić information content (AvgIpc) is 3.14. The minimum atomic E-state index is -4.85. The fraction of sp³-hybridized carbons (Fsp3) is 0.0714. The molecule has 1 aromatic carbocycles. The van der Waals surface area contributed by atoms with Crippen molar-refractivity contribution in [3.63, 3.8) is 0 Å². The van der Waals surface area contributed by atoms with Crippen molar-refractivity contribution in [3.8, 4) is 11.4 Å². The molecule has 2 heterocycles. The summed E-state index contributed by atoms with van der Waals surface area (Å²) in [5.74, 6) is -0.874. The minimum absolute atomic E-state index is 0.0707. The Balaban J connectivity index is 1.91. The zero-order chi connectivity index (χ0) is 18.9. The Morgan fingerprint density at radius 1 is 1.23 bits per heavy atom. The van der Waals surface area contributed by atoms with Gasteiger partial charge in [-0.1, -0.05) is 11.6 Å². The first-order valence-corrected chi connectivity index (χ1v) is 7.29. The van der Waals surface area contributed by atoms with E-state index >= 15 is 0 Å². The molecule has 0 aliphatic carbocycles. The molecule has 0 bridgehead atoms. The van der Waals surface area contributed by atoms with Gasteiger partial charge in [0.15, 0.2) is 11.4 Å². The van der Waals surface area contributed by atoms with Crippen molar-refractivity contribution in [1.82, 2.24) is 20.0 Å². The Labute approximate surface area is 147 Å². The van der Waals surface area contributed by atoms with Gasteiger partial charge in [0.25, 0.3) is 5.56 Å². The first-order valence-electron chi connectivity index (χ1n) is 6.92. The molecule has 8 nitrogen and oxygen atoms in total. The zero-order valence-corrected chi connectivity index (χ0v) is 13.4. The summed E-state index contributed by atoms with van der Waals surface area (Å²) in [6, 6.07) is 6.45. The molecule has 0 aliphatic heterocycles. The highest BCUT2D eigenvalue weighted by Crippen LogP contribution is 2.37. The number of rotatable bonds is 3. The number of hydrogen-bond donors (Lipinski definition) is 3. The van der Waals surface area contributed by atoms with Crippen LogP contribution in [0.25, 0.3) is 5.69 Å². The maximum Gasteiger partial charge on any atom is 0.437 e. The Bertz CT molecular complexity index is 990. The third-order valence-electron chi connectivity index (χ3n) is 3.11. The second-order valence-corrected chi connectivity index (χ2v) is 5.37. The average molecular weight is 388 g/mol. The van der Waals surface area contributed by atoms with E-state index in [0.29, 0.717) is 9.70 Å². The predicted octanol–water partition coefficient (Wildman–Crippen LogP) is 3.17. The number of carbonyl (C=O) groups excluding carboxylic acids is 1. The summed E-state index contributed by atoms with van der Waals surface area (Å²) in [4.78, 5) is 22.7. The van der Waals surface area contributed by atoms with E-state index in [1.54, 1.807) is 0 Å². The van der Waals surface area contributed by atoms with E-state index in [4.69, 9.17) is 16.3 Å². The van der Waals surface area contributed by atoms with Crippen LogP contribution in [0.1, 0.15) is 5.69 Å².